The molecule has 0 radical (unpaired) electrons. The summed E-state index contributed by atoms with van der Waals surface area (Å²) in [6, 6.07) is 0. The third kappa shape index (κ3) is 7.56. The molecule has 1 atom stereocenters. The summed E-state index contributed by atoms with van der Waals surface area (Å²) in [6.45, 7) is 3.70. The second kappa shape index (κ2) is 7.76. The fraction of sp³-hybridized carbons (Fsp3) is 0.778. The summed E-state index contributed by atoms with van der Waals surface area (Å²) < 4.78 is 0. The van der Waals surface area contributed by atoms with Crippen molar-refractivity contribution in [1.29, 1.82) is 0 Å². The number of rotatable bonds is 7. The van der Waals surface area contributed by atoms with Gasteiger partial charge in [0.1, 0.15) is 0 Å². The molecule has 0 aromatic heterocycles. The Balaban J connectivity index is 3.03. The number of aliphatic hydroxyl groups excluding tert-OH is 2. The van der Waals surface area contributed by atoms with Gasteiger partial charge in [-0.2, -0.15) is 0 Å². The molecule has 0 spiro atoms. The highest BCUT2D eigenvalue weighted by atomic mass is 16.3. The van der Waals surface area contributed by atoms with Gasteiger partial charge in [0.2, 0.25) is 0 Å². The zero-order chi connectivity index (χ0) is 8.53. The van der Waals surface area contributed by atoms with Crippen LogP contribution in [0.3, 0.4) is 0 Å². The summed E-state index contributed by atoms with van der Waals surface area (Å²) in [6.07, 6.45) is 6.01. The molecule has 2 nitrogen and oxygen atoms in total. The van der Waals surface area contributed by atoms with E-state index >= 15 is 0 Å². The summed E-state index contributed by atoms with van der Waals surface area (Å²) in [5.41, 5.74) is 0. The van der Waals surface area contributed by atoms with Crippen molar-refractivity contribution in [1.82, 2.24) is 0 Å². The minimum absolute atomic E-state index is 0.0859. The van der Waals surface area contributed by atoms with Crippen molar-refractivity contribution in [3.05, 3.63) is 12.7 Å². The molecule has 11 heavy (non-hydrogen) atoms. The first-order valence-corrected chi connectivity index (χ1v) is 4.21. The van der Waals surface area contributed by atoms with E-state index in [2.05, 4.69) is 6.58 Å². The molecule has 2 N–H and O–H groups in total. The lowest BCUT2D eigenvalue weighted by Crippen LogP contribution is -2.07. The van der Waals surface area contributed by atoms with E-state index in [0.29, 0.717) is 6.42 Å². The second-order valence-corrected chi connectivity index (χ2v) is 2.74. The Bertz CT molecular complexity index is 91.6. The zero-order valence-corrected chi connectivity index (χ0v) is 7.00. The molecule has 0 bridgehead atoms. The molecule has 0 saturated carbocycles. The van der Waals surface area contributed by atoms with Gasteiger partial charge in [-0.3, -0.25) is 0 Å². The lowest BCUT2D eigenvalue weighted by Gasteiger charge is -2.06. The van der Waals surface area contributed by atoms with E-state index in [-0.39, 0.29) is 12.7 Å². The van der Waals surface area contributed by atoms with E-state index in [4.69, 9.17) is 10.2 Å². The van der Waals surface area contributed by atoms with Crippen LogP contribution in [0.5, 0.6) is 0 Å². The molecule has 0 aliphatic heterocycles. The SMILES string of the molecule is C=CCCCC[C@H](O)CCO. The minimum Gasteiger partial charge on any atom is -0.396 e. The third-order valence-electron chi connectivity index (χ3n) is 1.66. The Morgan fingerprint density at radius 1 is 1.27 bits per heavy atom. The van der Waals surface area contributed by atoms with Crippen LogP contribution in [0, 0.1) is 0 Å². The number of unbranched alkanes of at least 4 members (excludes halogenated alkanes) is 2. The van der Waals surface area contributed by atoms with E-state index in [0.717, 1.165) is 25.7 Å². The maximum atomic E-state index is 9.16. The van der Waals surface area contributed by atoms with Crippen molar-refractivity contribution in [2.24, 2.45) is 0 Å². The van der Waals surface area contributed by atoms with Crippen LogP contribution >= 0.6 is 0 Å². The Morgan fingerprint density at radius 3 is 2.55 bits per heavy atom. The fourth-order valence-electron chi connectivity index (χ4n) is 0.962. The van der Waals surface area contributed by atoms with E-state index in [9.17, 15) is 0 Å². The van der Waals surface area contributed by atoms with Gasteiger partial charge in [-0.05, 0) is 25.7 Å². The Labute approximate surface area is 68.6 Å². The molecule has 0 aromatic carbocycles. The summed E-state index contributed by atoms with van der Waals surface area (Å²) in [5.74, 6) is 0. The topological polar surface area (TPSA) is 40.5 Å². The Kier molecular flexibility index (Phi) is 7.52. The summed E-state index contributed by atoms with van der Waals surface area (Å²) >= 11 is 0. The number of aliphatic hydroxyl groups is 2. The van der Waals surface area contributed by atoms with Crippen LogP contribution in [0.25, 0.3) is 0 Å². The highest BCUT2D eigenvalue weighted by molar-refractivity contribution is 4.66. The molecule has 0 amide bonds. The van der Waals surface area contributed by atoms with Crippen LogP contribution in [0.2, 0.25) is 0 Å². The summed E-state index contributed by atoms with van der Waals surface area (Å²) in [7, 11) is 0. The van der Waals surface area contributed by atoms with Crippen molar-refractivity contribution in [3.63, 3.8) is 0 Å². The predicted molar refractivity (Wildman–Crippen MR) is 46.4 cm³/mol. The molecule has 0 fully saturated rings. The molecular weight excluding hydrogens is 140 g/mol. The minimum atomic E-state index is -0.315. The van der Waals surface area contributed by atoms with Crippen molar-refractivity contribution < 1.29 is 10.2 Å². The molecule has 0 aromatic rings. The fourth-order valence-corrected chi connectivity index (χ4v) is 0.962. The first-order chi connectivity index (χ1) is 5.31. The van der Waals surface area contributed by atoms with Crippen LogP contribution in [0.15, 0.2) is 12.7 Å². The van der Waals surface area contributed by atoms with E-state index < -0.39 is 0 Å². The highest BCUT2D eigenvalue weighted by Gasteiger charge is 2.00. The standard InChI is InChI=1S/C9H18O2/c1-2-3-4-5-6-9(11)7-8-10/h2,9-11H,1,3-8H2/t9-/m0/s1. The predicted octanol–water partition coefficient (Wildman–Crippen LogP) is 1.48. The molecule has 0 unspecified atom stereocenters. The van der Waals surface area contributed by atoms with E-state index in [1.165, 1.54) is 0 Å². The van der Waals surface area contributed by atoms with Gasteiger partial charge in [0.05, 0.1) is 6.10 Å². The first-order valence-electron chi connectivity index (χ1n) is 4.21. The number of allylic oxidation sites excluding steroid dienone is 1. The summed E-state index contributed by atoms with van der Waals surface area (Å²) in [5, 5.41) is 17.6. The lowest BCUT2D eigenvalue weighted by molar-refractivity contribution is 0.122. The van der Waals surface area contributed by atoms with E-state index in [1.54, 1.807) is 0 Å². The van der Waals surface area contributed by atoms with E-state index in [1.807, 2.05) is 6.08 Å². The van der Waals surface area contributed by atoms with Crippen LogP contribution in [0.1, 0.15) is 32.1 Å². The third-order valence-corrected chi connectivity index (χ3v) is 1.66. The van der Waals surface area contributed by atoms with Gasteiger partial charge in [0.25, 0.3) is 0 Å². The first kappa shape index (κ1) is 10.7. The smallest absolute Gasteiger partial charge is 0.0562 e. The normalized spacial score (nSPS) is 12.9. The molecule has 0 aliphatic carbocycles. The Morgan fingerprint density at radius 2 is 2.00 bits per heavy atom. The molecular formula is C9H18O2. The van der Waals surface area contributed by atoms with Gasteiger partial charge in [-0.15, -0.1) is 6.58 Å². The van der Waals surface area contributed by atoms with Gasteiger partial charge in [0.15, 0.2) is 0 Å². The number of hydrogen-bond acceptors (Lipinski definition) is 2. The van der Waals surface area contributed by atoms with Crippen LogP contribution < -0.4 is 0 Å². The monoisotopic (exact) mass is 158 g/mol. The van der Waals surface area contributed by atoms with Crippen molar-refractivity contribution in [2.45, 2.75) is 38.2 Å². The van der Waals surface area contributed by atoms with Gasteiger partial charge >= 0.3 is 0 Å². The molecule has 2 heteroatoms. The lowest BCUT2D eigenvalue weighted by atomic mass is 10.1. The van der Waals surface area contributed by atoms with Crippen LogP contribution in [0.4, 0.5) is 0 Å². The van der Waals surface area contributed by atoms with Crippen LogP contribution in [-0.2, 0) is 0 Å². The molecule has 0 rings (SSSR count). The molecule has 0 saturated heterocycles. The average molecular weight is 158 g/mol. The molecule has 0 aliphatic rings. The summed E-state index contributed by atoms with van der Waals surface area (Å²) in [4.78, 5) is 0. The van der Waals surface area contributed by atoms with Gasteiger partial charge in [-0.1, -0.05) is 12.5 Å². The van der Waals surface area contributed by atoms with Gasteiger partial charge in [0, 0.05) is 6.61 Å². The maximum absolute atomic E-state index is 9.16. The quantitative estimate of drug-likeness (QED) is 0.435. The second-order valence-electron chi connectivity index (χ2n) is 2.74. The van der Waals surface area contributed by atoms with Gasteiger partial charge in [-0.25, -0.2) is 0 Å². The molecule has 66 valence electrons. The maximum Gasteiger partial charge on any atom is 0.0562 e. The van der Waals surface area contributed by atoms with Crippen molar-refractivity contribution in [3.8, 4) is 0 Å². The van der Waals surface area contributed by atoms with Crippen molar-refractivity contribution >= 4 is 0 Å². The van der Waals surface area contributed by atoms with Crippen molar-refractivity contribution in [2.75, 3.05) is 6.61 Å². The molecule has 0 heterocycles. The Hall–Kier alpha value is -0.340. The van der Waals surface area contributed by atoms with Gasteiger partial charge < -0.3 is 10.2 Å². The largest absolute Gasteiger partial charge is 0.396 e. The van der Waals surface area contributed by atoms with Crippen LogP contribution in [-0.4, -0.2) is 22.9 Å². The number of hydrogen-bond donors (Lipinski definition) is 2. The highest BCUT2D eigenvalue weighted by Crippen LogP contribution is 2.05. The zero-order valence-electron chi connectivity index (χ0n) is 7.00. The average Bonchev–Trinajstić information content (AvgIpc) is 1.99.